The minimum absolute atomic E-state index is 0.0518. The Kier molecular flexibility index (Phi) is 13.8. The van der Waals surface area contributed by atoms with E-state index >= 15 is 13.2 Å². The fraction of sp³-hybridized carbons (Fsp3) is 0.545. The first kappa shape index (κ1) is 36.4. The molecule has 2 aliphatic rings. The standard InChI is InChI=1S/C44H56F4/c1-3-5-7-8-9-10-12-14-37-27-28-38(42(46)41(37)45)35-23-25-36(26-24-35)40-30-29-39(43(47)44(40)48)34-21-19-33(20-22-34)32-17-15-31(16-18-32)13-11-6-4-2/h4,6,23-34H,3,5,7-22H2,1-2H3/b6-4+. The fourth-order valence-corrected chi connectivity index (χ4v) is 8.56. The molecule has 0 saturated heterocycles. The molecule has 0 nitrogen and oxygen atoms in total. The second kappa shape index (κ2) is 18.2. The summed E-state index contributed by atoms with van der Waals surface area (Å²) >= 11 is 0. The van der Waals surface area contributed by atoms with Crippen molar-refractivity contribution in [2.75, 3.05) is 0 Å². The van der Waals surface area contributed by atoms with Crippen LogP contribution < -0.4 is 0 Å². The van der Waals surface area contributed by atoms with Crippen LogP contribution in [-0.2, 0) is 6.42 Å². The van der Waals surface area contributed by atoms with Crippen molar-refractivity contribution in [3.63, 3.8) is 0 Å². The van der Waals surface area contributed by atoms with Gasteiger partial charge in [0.05, 0.1) is 0 Å². The Hall–Kier alpha value is -2.88. The fourth-order valence-electron chi connectivity index (χ4n) is 8.56. The van der Waals surface area contributed by atoms with Crippen molar-refractivity contribution in [1.29, 1.82) is 0 Å². The normalized spacial score (nSPS) is 21.6. The van der Waals surface area contributed by atoms with Gasteiger partial charge < -0.3 is 0 Å². The van der Waals surface area contributed by atoms with Crippen LogP contribution in [0.4, 0.5) is 17.6 Å². The Labute approximate surface area is 287 Å². The van der Waals surface area contributed by atoms with Gasteiger partial charge in [0.2, 0.25) is 0 Å². The molecular formula is C44H56F4. The average Bonchev–Trinajstić information content (AvgIpc) is 3.11. The van der Waals surface area contributed by atoms with Crippen LogP contribution in [0.5, 0.6) is 0 Å². The van der Waals surface area contributed by atoms with Crippen molar-refractivity contribution in [2.24, 2.45) is 17.8 Å². The van der Waals surface area contributed by atoms with Crippen LogP contribution in [0.3, 0.4) is 0 Å². The van der Waals surface area contributed by atoms with E-state index in [0.717, 1.165) is 56.8 Å². The Morgan fingerprint density at radius 1 is 0.583 bits per heavy atom. The van der Waals surface area contributed by atoms with Crippen LogP contribution in [0.2, 0.25) is 0 Å². The molecule has 0 spiro atoms. The summed E-state index contributed by atoms with van der Waals surface area (Å²) in [6, 6.07) is 13.4. The van der Waals surface area contributed by atoms with Crippen molar-refractivity contribution in [3.05, 3.63) is 95.1 Å². The smallest absolute Gasteiger partial charge is 0.166 e. The molecule has 2 saturated carbocycles. The maximum Gasteiger partial charge on any atom is 0.166 e. The summed E-state index contributed by atoms with van der Waals surface area (Å²) < 4.78 is 61.2. The number of halogens is 4. The number of benzene rings is 3. The van der Waals surface area contributed by atoms with E-state index in [1.807, 2.05) is 0 Å². The highest BCUT2D eigenvalue weighted by atomic mass is 19.2. The first-order chi connectivity index (χ1) is 23.4. The molecule has 260 valence electrons. The number of allylic oxidation sites excluding steroid dienone is 2. The molecule has 2 fully saturated rings. The van der Waals surface area contributed by atoms with Crippen molar-refractivity contribution in [2.45, 2.75) is 135 Å². The highest BCUT2D eigenvalue weighted by molar-refractivity contribution is 5.71. The summed E-state index contributed by atoms with van der Waals surface area (Å²) in [5.41, 5.74) is 2.30. The van der Waals surface area contributed by atoms with E-state index in [2.05, 4.69) is 26.0 Å². The molecular weight excluding hydrogens is 604 g/mol. The molecule has 0 aromatic heterocycles. The van der Waals surface area contributed by atoms with Crippen LogP contribution in [0.25, 0.3) is 22.3 Å². The first-order valence-corrected chi connectivity index (χ1v) is 19.1. The first-order valence-electron chi connectivity index (χ1n) is 19.1. The van der Waals surface area contributed by atoms with Gasteiger partial charge in [0.15, 0.2) is 23.3 Å². The summed E-state index contributed by atoms with van der Waals surface area (Å²) in [4.78, 5) is 0. The third-order valence-electron chi connectivity index (χ3n) is 11.6. The highest BCUT2D eigenvalue weighted by Gasteiger charge is 2.32. The van der Waals surface area contributed by atoms with Crippen LogP contribution in [-0.4, -0.2) is 0 Å². The molecule has 0 radical (unpaired) electrons. The van der Waals surface area contributed by atoms with E-state index in [9.17, 15) is 4.39 Å². The lowest BCUT2D eigenvalue weighted by Crippen LogP contribution is -2.25. The van der Waals surface area contributed by atoms with E-state index < -0.39 is 23.3 Å². The lowest BCUT2D eigenvalue weighted by molar-refractivity contribution is 0.156. The monoisotopic (exact) mass is 660 g/mol. The number of hydrogen-bond acceptors (Lipinski definition) is 0. The molecule has 3 aromatic rings. The largest absolute Gasteiger partial charge is 0.203 e. The van der Waals surface area contributed by atoms with Crippen molar-refractivity contribution in [3.8, 4) is 22.3 Å². The molecule has 0 atom stereocenters. The summed E-state index contributed by atoms with van der Waals surface area (Å²) in [7, 11) is 0. The van der Waals surface area contributed by atoms with Gasteiger partial charge in [0, 0.05) is 11.1 Å². The van der Waals surface area contributed by atoms with Gasteiger partial charge in [-0.25, -0.2) is 17.6 Å². The number of aryl methyl sites for hydroxylation is 1. The molecule has 2 aliphatic carbocycles. The molecule has 0 N–H and O–H groups in total. The average molecular weight is 661 g/mol. The lowest BCUT2D eigenvalue weighted by Gasteiger charge is -2.38. The van der Waals surface area contributed by atoms with E-state index in [1.165, 1.54) is 64.2 Å². The summed E-state index contributed by atoms with van der Waals surface area (Å²) in [6.07, 6.45) is 24.7. The Morgan fingerprint density at radius 3 is 1.73 bits per heavy atom. The lowest BCUT2D eigenvalue weighted by atomic mass is 9.68. The number of unbranched alkanes of at least 4 members (excludes halogenated alkanes) is 6. The molecule has 0 amide bonds. The zero-order chi connectivity index (χ0) is 33.9. The van der Waals surface area contributed by atoms with Gasteiger partial charge in [-0.15, -0.1) is 0 Å². The molecule has 0 heterocycles. The predicted octanol–water partition coefficient (Wildman–Crippen LogP) is 14.3. The van der Waals surface area contributed by atoms with Crippen molar-refractivity contribution >= 4 is 0 Å². The topological polar surface area (TPSA) is 0 Å². The van der Waals surface area contributed by atoms with Crippen LogP contribution in [0.1, 0.15) is 140 Å². The molecule has 5 rings (SSSR count). The maximum absolute atomic E-state index is 15.5. The highest BCUT2D eigenvalue weighted by Crippen LogP contribution is 2.45. The molecule has 0 bridgehead atoms. The van der Waals surface area contributed by atoms with Crippen LogP contribution >= 0.6 is 0 Å². The van der Waals surface area contributed by atoms with Gasteiger partial charge in [0.25, 0.3) is 0 Å². The second-order valence-corrected chi connectivity index (χ2v) is 14.7. The number of rotatable bonds is 15. The third-order valence-corrected chi connectivity index (χ3v) is 11.6. The zero-order valence-electron chi connectivity index (χ0n) is 29.3. The predicted molar refractivity (Wildman–Crippen MR) is 193 cm³/mol. The minimum atomic E-state index is -0.854. The number of hydrogen-bond donors (Lipinski definition) is 0. The van der Waals surface area contributed by atoms with Gasteiger partial charge in [-0.1, -0.05) is 119 Å². The van der Waals surface area contributed by atoms with Gasteiger partial charge in [0.1, 0.15) is 0 Å². The third kappa shape index (κ3) is 9.21. The minimum Gasteiger partial charge on any atom is -0.203 e. The summed E-state index contributed by atoms with van der Waals surface area (Å²) in [5, 5.41) is 0. The Morgan fingerprint density at radius 2 is 1.12 bits per heavy atom. The van der Waals surface area contributed by atoms with Gasteiger partial charge in [-0.05, 0) is 117 Å². The summed E-state index contributed by atoms with van der Waals surface area (Å²) in [5.74, 6) is -0.805. The van der Waals surface area contributed by atoms with E-state index in [4.69, 9.17) is 0 Å². The quantitative estimate of drug-likeness (QED) is 0.0864. The SMILES string of the molecule is C/C=C/CCC1CCC(C2CCC(c3ccc(-c4ccc(-c5ccc(CCCCCCCCC)c(F)c5F)cc4)c(F)c3F)CC2)CC1. The van der Waals surface area contributed by atoms with Gasteiger partial charge in [-0.2, -0.15) is 0 Å². The Bertz CT molecular complexity index is 1460. The maximum atomic E-state index is 15.5. The summed E-state index contributed by atoms with van der Waals surface area (Å²) in [6.45, 7) is 4.28. The van der Waals surface area contributed by atoms with Crippen molar-refractivity contribution < 1.29 is 17.6 Å². The molecule has 3 aromatic carbocycles. The zero-order valence-corrected chi connectivity index (χ0v) is 29.3. The van der Waals surface area contributed by atoms with E-state index in [0.29, 0.717) is 34.6 Å². The second-order valence-electron chi connectivity index (χ2n) is 14.7. The molecule has 48 heavy (non-hydrogen) atoms. The Balaban J connectivity index is 1.16. The van der Waals surface area contributed by atoms with E-state index in [1.54, 1.807) is 48.5 Å². The molecule has 0 aliphatic heterocycles. The molecule has 4 heteroatoms. The van der Waals surface area contributed by atoms with Crippen LogP contribution in [0.15, 0.2) is 60.7 Å². The van der Waals surface area contributed by atoms with E-state index in [-0.39, 0.29) is 17.0 Å². The van der Waals surface area contributed by atoms with Gasteiger partial charge in [-0.3, -0.25) is 0 Å². The van der Waals surface area contributed by atoms with Gasteiger partial charge >= 0.3 is 0 Å². The molecule has 0 unspecified atom stereocenters. The van der Waals surface area contributed by atoms with Crippen LogP contribution in [0, 0.1) is 41.0 Å². The van der Waals surface area contributed by atoms with Crippen molar-refractivity contribution in [1.82, 2.24) is 0 Å².